The molecule has 0 radical (unpaired) electrons. The van der Waals surface area contributed by atoms with Gasteiger partial charge in [-0.1, -0.05) is 5.21 Å². The van der Waals surface area contributed by atoms with Crippen LogP contribution < -0.4 is 0 Å². The van der Waals surface area contributed by atoms with Gasteiger partial charge in [0.2, 0.25) is 6.08 Å². The van der Waals surface area contributed by atoms with Gasteiger partial charge in [-0.3, -0.25) is 0 Å². The van der Waals surface area contributed by atoms with Crippen LogP contribution in [0.4, 0.5) is 0 Å². The van der Waals surface area contributed by atoms with Gasteiger partial charge in [-0.05, 0) is 12.8 Å². The predicted molar refractivity (Wildman–Crippen MR) is 40.0 cm³/mol. The molecule has 0 spiro atoms. The average molecular weight is 164 g/mol. The summed E-state index contributed by atoms with van der Waals surface area (Å²) in [5.74, 6) is 0. The Labute approximate surface area is 69.1 Å². The molecule has 0 unspecified atom stereocenters. The SMILES string of the molecule is Cn1nncc1C1(N=C=O)CC1. The monoisotopic (exact) mass is 164 g/mol. The van der Waals surface area contributed by atoms with Gasteiger partial charge >= 0.3 is 0 Å². The largest absolute Gasteiger partial charge is 0.250 e. The highest BCUT2D eigenvalue weighted by Gasteiger charge is 2.47. The van der Waals surface area contributed by atoms with Gasteiger partial charge in [-0.25, -0.2) is 9.48 Å². The van der Waals surface area contributed by atoms with Crippen molar-refractivity contribution in [3.63, 3.8) is 0 Å². The van der Waals surface area contributed by atoms with Crippen molar-refractivity contribution in [2.24, 2.45) is 12.0 Å². The summed E-state index contributed by atoms with van der Waals surface area (Å²) >= 11 is 0. The number of aromatic nitrogens is 3. The number of aryl methyl sites for hydroxylation is 1. The summed E-state index contributed by atoms with van der Waals surface area (Å²) in [6.45, 7) is 0. The Bertz CT molecular complexity index is 346. The van der Waals surface area contributed by atoms with E-state index in [2.05, 4.69) is 15.3 Å². The van der Waals surface area contributed by atoms with E-state index < -0.39 is 0 Å². The lowest BCUT2D eigenvalue weighted by atomic mass is 10.2. The van der Waals surface area contributed by atoms with Gasteiger partial charge in [-0.2, -0.15) is 4.99 Å². The molecule has 1 saturated carbocycles. The molecule has 0 saturated heterocycles. The van der Waals surface area contributed by atoms with Crippen molar-refractivity contribution in [1.82, 2.24) is 15.0 Å². The lowest BCUT2D eigenvalue weighted by molar-refractivity contribution is 0.548. The number of hydrogen-bond acceptors (Lipinski definition) is 4. The van der Waals surface area contributed by atoms with Crippen LogP contribution in [0.2, 0.25) is 0 Å². The number of hydrogen-bond donors (Lipinski definition) is 0. The van der Waals surface area contributed by atoms with Crippen LogP contribution in [0.5, 0.6) is 0 Å². The molecule has 2 rings (SSSR count). The summed E-state index contributed by atoms with van der Waals surface area (Å²) in [7, 11) is 1.79. The first-order valence-electron chi connectivity index (χ1n) is 3.73. The molecule has 62 valence electrons. The highest BCUT2D eigenvalue weighted by molar-refractivity contribution is 5.38. The molecule has 1 aliphatic rings. The second-order valence-corrected chi connectivity index (χ2v) is 2.98. The van der Waals surface area contributed by atoms with Crippen LogP contribution in [0.25, 0.3) is 0 Å². The Morgan fingerprint density at radius 1 is 1.75 bits per heavy atom. The summed E-state index contributed by atoms with van der Waals surface area (Å²) in [6, 6.07) is 0. The lowest BCUT2D eigenvalue weighted by Gasteiger charge is -2.05. The summed E-state index contributed by atoms with van der Waals surface area (Å²) in [5, 5.41) is 7.52. The van der Waals surface area contributed by atoms with E-state index in [-0.39, 0.29) is 5.54 Å². The van der Waals surface area contributed by atoms with Crippen molar-refractivity contribution in [3.05, 3.63) is 11.9 Å². The van der Waals surface area contributed by atoms with Crippen molar-refractivity contribution in [2.75, 3.05) is 0 Å². The maximum Gasteiger partial charge on any atom is 0.235 e. The summed E-state index contributed by atoms with van der Waals surface area (Å²) in [5.41, 5.74) is 0.547. The van der Waals surface area contributed by atoms with E-state index in [4.69, 9.17) is 0 Å². The van der Waals surface area contributed by atoms with Crippen LogP contribution in [-0.4, -0.2) is 21.1 Å². The highest BCUT2D eigenvalue weighted by Crippen LogP contribution is 2.48. The van der Waals surface area contributed by atoms with Gasteiger partial charge in [-0.15, -0.1) is 5.10 Å². The van der Waals surface area contributed by atoms with Gasteiger partial charge < -0.3 is 0 Å². The first-order chi connectivity index (χ1) is 5.78. The first kappa shape index (κ1) is 7.18. The van der Waals surface area contributed by atoms with Crippen LogP contribution in [-0.2, 0) is 17.4 Å². The zero-order valence-electron chi connectivity index (χ0n) is 6.69. The third-order valence-electron chi connectivity index (χ3n) is 2.17. The van der Waals surface area contributed by atoms with E-state index in [1.807, 2.05) is 0 Å². The molecule has 1 heterocycles. The minimum absolute atomic E-state index is 0.347. The standard InChI is InChI=1S/C7H8N4O/c1-11-6(4-9-10-11)7(2-3-7)8-5-12/h4H,2-3H2,1H3. The Balaban J connectivity index is 2.42. The number of aliphatic imine (C=N–C) groups is 1. The Morgan fingerprint density at radius 2 is 2.50 bits per heavy atom. The molecule has 1 aromatic rings. The minimum Gasteiger partial charge on any atom is -0.250 e. The van der Waals surface area contributed by atoms with E-state index in [1.54, 1.807) is 24.0 Å². The number of isocyanates is 1. The molecule has 1 fully saturated rings. The molecule has 5 nitrogen and oxygen atoms in total. The topological polar surface area (TPSA) is 60.1 Å². The molecular formula is C7H8N4O. The molecule has 0 amide bonds. The second kappa shape index (κ2) is 2.25. The zero-order chi connectivity index (χ0) is 8.60. The average Bonchev–Trinajstić information content (AvgIpc) is 2.68. The molecular weight excluding hydrogens is 156 g/mol. The second-order valence-electron chi connectivity index (χ2n) is 2.98. The van der Waals surface area contributed by atoms with Crippen molar-refractivity contribution in [1.29, 1.82) is 0 Å². The van der Waals surface area contributed by atoms with E-state index in [1.165, 1.54) is 0 Å². The van der Waals surface area contributed by atoms with Gasteiger partial charge in [0.15, 0.2) is 0 Å². The number of nitrogens with zero attached hydrogens (tertiary/aromatic N) is 4. The molecule has 0 bridgehead atoms. The van der Waals surface area contributed by atoms with Crippen LogP contribution in [0.15, 0.2) is 11.2 Å². The van der Waals surface area contributed by atoms with Crippen molar-refractivity contribution < 1.29 is 4.79 Å². The molecule has 12 heavy (non-hydrogen) atoms. The fraction of sp³-hybridized carbons (Fsp3) is 0.571. The first-order valence-corrected chi connectivity index (χ1v) is 3.73. The van der Waals surface area contributed by atoms with Crippen molar-refractivity contribution in [3.8, 4) is 0 Å². The molecule has 0 N–H and O–H groups in total. The van der Waals surface area contributed by atoms with Gasteiger partial charge in [0.1, 0.15) is 5.54 Å². The Kier molecular flexibility index (Phi) is 1.35. The number of carbonyl (C=O) groups excluding carboxylic acids is 1. The Hall–Kier alpha value is -1.48. The fourth-order valence-corrected chi connectivity index (χ4v) is 1.34. The molecule has 1 aromatic heterocycles. The zero-order valence-corrected chi connectivity index (χ0v) is 6.69. The van der Waals surface area contributed by atoms with Crippen LogP contribution >= 0.6 is 0 Å². The number of rotatable bonds is 2. The van der Waals surface area contributed by atoms with E-state index >= 15 is 0 Å². The molecule has 0 atom stereocenters. The Morgan fingerprint density at radius 3 is 2.92 bits per heavy atom. The maximum atomic E-state index is 10.1. The van der Waals surface area contributed by atoms with Crippen molar-refractivity contribution >= 4 is 6.08 Å². The van der Waals surface area contributed by atoms with Crippen LogP contribution in [0.1, 0.15) is 18.5 Å². The van der Waals surface area contributed by atoms with Crippen molar-refractivity contribution in [2.45, 2.75) is 18.4 Å². The van der Waals surface area contributed by atoms with E-state index in [0.717, 1.165) is 18.5 Å². The third kappa shape index (κ3) is 0.871. The molecule has 0 aliphatic heterocycles. The third-order valence-corrected chi connectivity index (χ3v) is 2.17. The maximum absolute atomic E-state index is 10.1. The van der Waals surface area contributed by atoms with Gasteiger partial charge in [0.05, 0.1) is 11.9 Å². The summed E-state index contributed by atoms with van der Waals surface area (Å²) < 4.78 is 1.65. The van der Waals surface area contributed by atoms with Crippen LogP contribution in [0, 0.1) is 0 Å². The molecule has 1 aliphatic carbocycles. The van der Waals surface area contributed by atoms with Crippen LogP contribution in [0.3, 0.4) is 0 Å². The van der Waals surface area contributed by atoms with E-state index in [0.29, 0.717) is 0 Å². The minimum atomic E-state index is -0.347. The lowest BCUT2D eigenvalue weighted by Crippen LogP contribution is -2.09. The predicted octanol–water partition coefficient (Wildman–Crippen LogP) is 0.140. The van der Waals surface area contributed by atoms with E-state index in [9.17, 15) is 4.79 Å². The quantitative estimate of drug-likeness (QED) is 0.461. The molecule has 0 aromatic carbocycles. The van der Waals surface area contributed by atoms with Gasteiger partial charge in [0.25, 0.3) is 0 Å². The fourth-order valence-electron chi connectivity index (χ4n) is 1.34. The van der Waals surface area contributed by atoms with Gasteiger partial charge in [0, 0.05) is 7.05 Å². The summed E-state index contributed by atoms with van der Waals surface area (Å²) in [6.07, 6.45) is 5.02. The smallest absolute Gasteiger partial charge is 0.235 e. The normalized spacial score (nSPS) is 18.4. The summed E-state index contributed by atoms with van der Waals surface area (Å²) in [4.78, 5) is 13.9. The highest BCUT2D eigenvalue weighted by atomic mass is 16.1. The molecule has 5 heteroatoms.